The lowest BCUT2D eigenvalue weighted by molar-refractivity contribution is -0.143. The van der Waals surface area contributed by atoms with E-state index < -0.39 is 12.0 Å². The molecule has 5 rings (SSSR count). The summed E-state index contributed by atoms with van der Waals surface area (Å²) in [6, 6.07) is -0.542. The van der Waals surface area contributed by atoms with Gasteiger partial charge in [-0.2, -0.15) is 5.10 Å². The van der Waals surface area contributed by atoms with Gasteiger partial charge < -0.3 is 5.11 Å². The molecule has 4 fully saturated rings. The van der Waals surface area contributed by atoms with Gasteiger partial charge >= 0.3 is 5.97 Å². The van der Waals surface area contributed by atoms with Crippen molar-refractivity contribution in [3.05, 3.63) is 12.7 Å². The maximum Gasteiger partial charge on any atom is 0.328 e. The first-order valence-electron chi connectivity index (χ1n) is 7.77. The van der Waals surface area contributed by atoms with Gasteiger partial charge in [0, 0.05) is 0 Å². The minimum Gasteiger partial charge on any atom is -0.480 e. The van der Waals surface area contributed by atoms with E-state index >= 15 is 0 Å². The number of hydrogen-bond acceptors (Lipinski definition) is 3. The quantitative estimate of drug-likeness (QED) is 0.916. The Hall–Kier alpha value is -1.39. The highest BCUT2D eigenvalue weighted by atomic mass is 16.4. The van der Waals surface area contributed by atoms with Gasteiger partial charge in [0.2, 0.25) is 0 Å². The van der Waals surface area contributed by atoms with Gasteiger partial charge in [-0.1, -0.05) is 0 Å². The molecule has 4 aliphatic rings. The van der Waals surface area contributed by atoms with Crippen molar-refractivity contribution in [3.63, 3.8) is 0 Å². The molecule has 4 bridgehead atoms. The number of hydrogen-bond donors (Lipinski definition) is 1. The van der Waals surface area contributed by atoms with Crippen molar-refractivity contribution >= 4 is 5.97 Å². The van der Waals surface area contributed by atoms with E-state index in [1.165, 1.54) is 49.4 Å². The van der Waals surface area contributed by atoms with Crippen LogP contribution in [0.3, 0.4) is 0 Å². The minimum absolute atomic E-state index is 0.542. The summed E-state index contributed by atoms with van der Waals surface area (Å²) in [6.45, 7) is 0. The lowest BCUT2D eigenvalue weighted by Gasteiger charge is -2.55. The number of carboxylic acid groups (broad SMARTS) is 1. The number of carbonyl (C=O) groups is 1. The van der Waals surface area contributed by atoms with Crippen LogP contribution in [-0.4, -0.2) is 25.8 Å². The molecule has 1 N–H and O–H groups in total. The van der Waals surface area contributed by atoms with E-state index in [2.05, 4.69) is 10.1 Å². The highest BCUT2D eigenvalue weighted by molar-refractivity contribution is 5.71. The third-order valence-electron chi connectivity index (χ3n) is 5.96. The van der Waals surface area contributed by atoms with E-state index in [9.17, 15) is 9.90 Å². The Morgan fingerprint density at radius 1 is 1.20 bits per heavy atom. The summed E-state index contributed by atoms with van der Waals surface area (Å²) in [7, 11) is 0. The highest BCUT2D eigenvalue weighted by Crippen LogP contribution is 2.58. The molecule has 4 saturated carbocycles. The van der Waals surface area contributed by atoms with E-state index in [-0.39, 0.29) is 0 Å². The van der Waals surface area contributed by atoms with E-state index in [4.69, 9.17) is 0 Å². The zero-order valence-corrected chi connectivity index (χ0v) is 11.6. The minimum atomic E-state index is -0.774. The molecular formula is C15H21N3O2. The maximum atomic E-state index is 11.6. The zero-order chi connectivity index (χ0) is 13.7. The lowest BCUT2D eigenvalue weighted by Crippen LogP contribution is -2.46. The van der Waals surface area contributed by atoms with Gasteiger partial charge in [-0.3, -0.25) is 0 Å². The first-order chi connectivity index (χ1) is 9.70. The second kappa shape index (κ2) is 4.57. The molecule has 1 aromatic rings. The Morgan fingerprint density at radius 3 is 2.35 bits per heavy atom. The fourth-order valence-electron chi connectivity index (χ4n) is 5.38. The number of carboxylic acids is 1. The highest BCUT2D eigenvalue weighted by Gasteiger charge is 2.49. The third-order valence-corrected chi connectivity index (χ3v) is 5.96. The van der Waals surface area contributed by atoms with Crippen molar-refractivity contribution < 1.29 is 9.90 Å². The van der Waals surface area contributed by atoms with E-state index in [0.29, 0.717) is 5.92 Å². The molecule has 20 heavy (non-hydrogen) atoms. The van der Waals surface area contributed by atoms with Gasteiger partial charge in [-0.05, 0) is 68.1 Å². The molecule has 1 heterocycles. The van der Waals surface area contributed by atoms with Crippen molar-refractivity contribution in [2.24, 2.45) is 29.6 Å². The van der Waals surface area contributed by atoms with Gasteiger partial charge in [0.1, 0.15) is 12.7 Å². The summed E-state index contributed by atoms with van der Waals surface area (Å²) in [5.41, 5.74) is 0. The summed E-state index contributed by atoms with van der Waals surface area (Å²) >= 11 is 0. The van der Waals surface area contributed by atoms with Crippen molar-refractivity contribution in [1.29, 1.82) is 0 Å². The monoisotopic (exact) mass is 275 g/mol. The third kappa shape index (κ3) is 1.95. The molecule has 1 unspecified atom stereocenters. The number of nitrogens with zero attached hydrogens (tertiary/aromatic N) is 3. The average Bonchev–Trinajstić information content (AvgIpc) is 2.90. The van der Waals surface area contributed by atoms with Crippen LogP contribution in [0.1, 0.15) is 44.6 Å². The summed E-state index contributed by atoms with van der Waals surface area (Å²) in [6.07, 6.45) is 10.5. The van der Waals surface area contributed by atoms with Crippen LogP contribution in [0.5, 0.6) is 0 Å². The molecule has 0 spiro atoms. The molecule has 1 aromatic heterocycles. The Labute approximate surface area is 118 Å². The van der Waals surface area contributed by atoms with Crippen LogP contribution in [0.15, 0.2) is 12.7 Å². The zero-order valence-electron chi connectivity index (χ0n) is 11.6. The second-order valence-electron chi connectivity index (χ2n) is 7.06. The predicted octanol–water partition coefficient (Wildman–Crippen LogP) is 2.37. The van der Waals surface area contributed by atoms with Gasteiger partial charge in [0.05, 0.1) is 0 Å². The molecule has 0 saturated heterocycles. The molecule has 0 amide bonds. The largest absolute Gasteiger partial charge is 0.480 e. The van der Waals surface area contributed by atoms with Crippen LogP contribution in [0.25, 0.3) is 0 Å². The number of aliphatic carboxylic acids is 1. The average molecular weight is 275 g/mol. The van der Waals surface area contributed by atoms with E-state index in [1.807, 2.05) is 0 Å². The van der Waals surface area contributed by atoms with Crippen LogP contribution in [-0.2, 0) is 4.79 Å². The smallest absolute Gasteiger partial charge is 0.328 e. The van der Waals surface area contributed by atoms with Crippen molar-refractivity contribution in [1.82, 2.24) is 14.8 Å². The fraction of sp³-hybridized carbons (Fsp3) is 0.800. The topological polar surface area (TPSA) is 68.0 Å². The van der Waals surface area contributed by atoms with E-state index in [1.54, 1.807) is 0 Å². The fourth-order valence-corrected chi connectivity index (χ4v) is 5.38. The molecule has 0 aliphatic heterocycles. The summed E-state index contributed by atoms with van der Waals surface area (Å²) < 4.78 is 1.52. The maximum absolute atomic E-state index is 11.6. The molecule has 0 radical (unpaired) electrons. The van der Waals surface area contributed by atoms with Crippen LogP contribution >= 0.6 is 0 Å². The molecule has 108 valence electrons. The molecule has 5 heteroatoms. The molecular weight excluding hydrogens is 254 g/mol. The van der Waals surface area contributed by atoms with Crippen LogP contribution in [0, 0.1) is 29.6 Å². The van der Waals surface area contributed by atoms with Crippen molar-refractivity contribution in [3.8, 4) is 0 Å². The van der Waals surface area contributed by atoms with Gasteiger partial charge in [-0.25, -0.2) is 14.5 Å². The Balaban J connectivity index is 1.54. The molecule has 1 atom stereocenters. The number of rotatable bonds is 4. The summed E-state index contributed by atoms with van der Waals surface area (Å²) in [4.78, 5) is 15.5. The molecule has 5 nitrogen and oxygen atoms in total. The summed E-state index contributed by atoms with van der Waals surface area (Å²) in [5.74, 6) is 3.19. The normalized spacial score (nSPS) is 39.9. The Kier molecular flexibility index (Phi) is 2.82. The van der Waals surface area contributed by atoms with Crippen LogP contribution in [0.2, 0.25) is 0 Å². The second-order valence-corrected chi connectivity index (χ2v) is 7.06. The van der Waals surface area contributed by atoms with Crippen LogP contribution in [0.4, 0.5) is 0 Å². The Morgan fingerprint density at radius 2 is 1.85 bits per heavy atom. The van der Waals surface area contributed by atoms with E-state index in [0.717, 1.165) is 30.1 Å². The van der Waals surface area contributed by atoms with Crippen molar-refractivity contribution in [2.45, 2.75) is 44.6 Å². The van der Waals surface area contributed by atoms with Crippen molar-refractivity contribution in [2.75, 3.05) is 0 Å². The number of aromatic nitrogens is 3. The SMILES string of the molecule is O=C(O)C(CC1C2CC3CC(C2)CC1C3)n1cncn1. The van der Waals surface area contributed by atoms with Gasteiger partial charge in [-0.15, -0.1) is 0 Å². The standard InChI is InChI=1S/C15H21N3O2/c19-15(20)14(18-8-16-7-17-18)6-13-11-2-9-1-10(4-11)5-12(13)3-9/h7-14H,1-6H2,(H,19,20). The summed E-state index contributed by atoms with van der Waals surface area (Å²) in [5, 5.41) is 13.6. The molecule has 0 aromatic carbocycles. The molecule has 4 aliphatic carbocycles. The first kappa shape index (κ1) is 12.4. The van der Waals surface area contributed by atoms with Crippen LogP contribution < -0.4 is 0 Å². The lowest BCUT2D eigenvalue weighted by atomic mass is 9.51. The van der Waals surface area contributed by atoms with Gasteiger partial charge in [0.25, 0.3) is 0 Å². The van der Waals surface area contributed by atoms with Gasteiger partial charge in [0.15, 0.2) is 6.04 Å². The first-order valence-corrected chi connectivity index (χ1v) is 7.77. The Bertz CT molecular complexity index is 471. The predicted molar refractivity (Wildman–Crippen MR) is 71.8 cm³/mol.